The number of hydrogen-bond acceptors (Lipinski definition) is 3. The van der Waals surface area contributed by atoms with Gasteiger partial charge in [0.25, 0.3) is 0 Å². The maximum Gasteiger partial charge on any atom is 0.224 e. The molecule has 4 N–H and O–H groups in total. The van der Waals surface area contributed by atoms with E-state index in [-0.39, 0.29) is 17.7 Å². The molecule has 1 aromatic rings. The Morgan fingerprint density at radius 2 is 2.40 bits per heavy atom. The molecular formula is C10H18N4O. The van der Waals surface area contributed by atoms with Crippen LogP contribution in [-0.4, -0.2) is 22.6 Å². The van der Waals surface area contributed by atoms with Gasteiger partial charge in [-0.05, 0) is 12.0 Å². The molecule has 1 unspecified atom stereocenters. The number of nitrogens with two attached hydrogens (primary N) is 1. The maximum atomic E-state index is 11.7. The zero-order chi connectivity index (χ0) is 11.3. The highest BCUT2D eigenvalue weighted by Crippen LogP contribution is 2.09. The van der Waals surface area contributed by atoms with Crippen molar-refractivity contribution in [3.8, 4) is 0 Å². The zero-order valence-corrected chi connectivity index (χ0v) is 9.16. The fraction of sp³-hybridized carbons (Fsp3) is 0.600. The molecule has 0 spiro atoms. The Kier molecular flexibility index (Phi) is 4.30. The van der Waals surface area contributed by atoms with Crippen LogP contribution in [0.2, 0.25) is 0 Å². The lowest BCUT2D eigenvalue weighted by atomic mass is 9.95. The third-order valence-corrected chi connectivity index (χ3v) is 2.41. The summed E-state index contributed by atoms with van der Waals surface area (Å²) in [5, 5.41) is 9.41. The maximum absolute atomic E-state index is 11.7. The molecule has 0 saturated heterocycles. The molecule has 0 saturated carbocycles. The fourth-order valence-electron chi connectivity index (χ4n) is 1.38. The summed E-state index contributed by atoms with van der Waals surface area (Å²) in [4.78, 5) is 11.7. The molecule has 5 heteroatoms. The summed E-state index contributed by atoms with van der Waals surface area (Å²) in [7, 11) is 0. The minimum Gasteiger partial charge on any atom is -0.350 e. The van der Waals surface area contributed by atoms with E-state index in [1.807, 2.05) is 19.9 Å². The van der Waals surface area contributed by atoms with E-state index in [4.69, 9.17) is 5.73 Å². The molecule has 15 heavy (non-hydrogen) atoms. The van der Waals surface area contributed by atoms with Crippen LogP contribution >= 0.6 is 0 Å². The molecule has 1 amide bonds. The highest BCUT2D eigenvalue weighted by Gasteiger charge is 2.19. The van der Waals surface area contributed by atoms with Crippen molar-refractivity contribution < 1.29 is 4.79 Å². The first-order chi connectivity index (χ1) is 7.15. The smallest absolute Gasteiger partial charge is 0.224 e. The predicted octanol–water partition coefficient (Wildman–Crippen LogP) is 0.257. The van der Waals surface area contributed by atoms with Gasteiger partial charge in [0, 0.05) is 12.7 Å². The molecule has 5 nitrogen and oxygen atoms in total. The Morgan fingerprint density at radius 1 is 1.67 bits per heavy atom. The Hall–Kier alpha value is -1.36. The van der Waals surface area contributed by atoms with Crippen molar-refractivity contribution in [2.75, 3.05) is 6.54 Å². The van der Waals surface area contributed by atoms with E-state index in [0.29, 0.717) is 13.1 Å². The summed E-state index contributed by atoms with van der Waals surface area (Å²) in [6, 6.07) is 1.83. The van der Waals surface area contributed by atoms with Crippen molar-refractivity contribution in [3.05, 3.63) is 18.0 Å². The van der Waals surface area contributed by atoms with Gasteiger partial charge in [-0.2, -0.15) is 5.10 Å². The summed E-state index contributed by atoms with van der Waals surface area (Å²) in [5.74, 6) is 0.145. The number of rotatable bonds is 5. The first-order valence-electron chi connectivity index (χ1n) is 5.11. The molecule has 1 aromatic heterocycles. The lowest BCUT2D eigenvalue weighted by Crippen LogP contribution is -2.37. The zero-order valence-electron chi connectivity index (χ0n) is 9.16. The first-order valence-corrected chi connectivity index (χ1v) is 5.11. The van der Waals surface area contributed by atoms with E-state index in [1.54, 1.807) is 6.20 Å². The van der Waals surface area contributed by atoms with Gasteiger partial charge in [-0.15, -0.1) is 0 Å². The van der Waals surface area contributed by atoms with Crippen LogP contribution in [0.1, 0.15) is 19.5 Å². The number of hydrogen-bond donors (Lipinski definition) is 3. The van der Waals surface area contributed by atoms with Gasteiger partial charge in [-0.25, -0.2) is 0 Å². The van der Waals surface area contributed by atoms with Crippen LogP contribution < -0.4 is 11.1 Å². The number of nitrogens with zero attached hydrogens (tertiary/aromatic N) is 1. The molecule has 0 fully saturated rings. The average Bonchev–Trinajstić information content (AvgIpc) is 2.67. The molecule has 0 radical (unpaired) electrons. The highest BCUT2D eigenvalue weighted by atomic mass is 16.1. The van der Waals surface area contributed by atoms with Crippen LogP contribution in [0.3, 0.4) is 0 Å². The summed E-state index contributed by atoms with van der Waals surface area (Å²) in [5.41, 5.74) is 6.43. The molecule has 0 aromatic carbocycles. The normalized spacial score (nSPS) is 12.8. The lowest BCUT2D eigenvalue weighted by Gasteiger charge is -2.17. The van der Waals surface area contributed by atoms with E-state index in [0.717, 1.165) is 5.69 Å². The molecule has 0 aliphatic rings. The SMILES string of the molecule is CC(C)C(CN)C(=O)NCc1ccn[nH]1. The molecule has 0 bridgehead atoms. The second kappa shape index (κ2) is 5.50. The minimum absolute atomic E-state index is 0.00194. The lowest BCUT2D eigenvalue weighted by molar-refractivity contribution is -0.126. The number of aromatic amines is 1. The van der Waals surface area contributed by atoms with Gasteiger partial charge in [-0.1, -0.05) is 13.8 Å². The van der Waals surface area contributed by atoms with Gasteiger partial charge in [0.05, 0.1) is 18.2 Å². The van der Waals surface area contributed by atoms with Crippen molar-refractivity contribution in [1.82, 2.24) is 15.5 Å². The number of carbonyl (C=O) groups is 1. The van der Waals surface area contributed by atoms with E-state index in [1.165, 1.54) is 0 Å². The number of carbonyl (C=O) groups excluding carboxylic acids is 1. The van der Waals surface area contributed by atoms with Crippen LogP contribution in [0.15, 0.2) is 12.3 Å². The highest BCUT2D eigenvalue weighted by molar-refractivity contribution is 5.79. The van der Waals surface area contributed by atoms with Crippen LogP contribution in [-0.2, 0) is 11.3 Å². The van der Waals surface area contributed by atoms with Gasteiger partial charge in [-0.3, -0.25) is 9.89 Å². The molecule has 1 atom stereocenters. The van der Waals surface area contributed by atoms with Gasteiger partial charge >= 0.3 is 0 Å². The largest absolute Gasteiger partial charge is 0.350 e. The van der Waals surface area contributed by atoms with Crippen molar-refractivity contribution in [2.24, 2.45) is 17.6 Å². The monoisotopic (exact) mass is 210 g/mol. The Balaban J connectivity index is 2.41. The Bertz CT molecular complexity index is 294. The first kappa shape index (κ1) is 11.7. The summed E-state index contributed by atoms with van der Waals surface area (Å²) in [6.07, 6.45) is 1.66. The number of H-pyrrole nitrogens is 1. The van der Waals surface area contributed by atoms with Crippen LogP contribution in [0.5, 0.6) is 0 Å². The van der Waals surface area contributed by atoms with Crippen LogP contribution in [0, 0.1) is 11.8 Å². The summed E-state index contributed by atoms with van der Waals surface area (Å²) in [6.45, 7) is 4.84. The Morgan fingerprint density at radius 3 is 2.87 bits per heavy atom. The van der Waals surface area contributed by atoms with Gasteiger partial charge in [0.2, 0.25) is 5.91 Å². The third kappa shape index (κ3) is 3.36. The van der Waals surface area contributed by atoms with Crippen LogP contribution in [0.4, 0.5) is 0 Å². The second-order valence-corrected chi connectivity index (χ2v) is 3.89. The standard InChI is InChI=1S/C10H18N4O/c1-7(2)9(5-11)10(15)12-6-8-3-4-13-14-8/h3-4,7,9H,5-6,11H2,1-2H3,(H,12,15)(H,13,14). The summed E-state index contributed by atoms with van der Waals surface area (Å²) < 4.78 is 0. The second-order valence-electron chi connectivity index (χ2n) is 3.89. The van der Waals surface area contributed by atoms with Crippen molar-refractivity contribution in [1.29, 1.82) is 0 Å². The molecule has 84 valence electrons. The fourth-order valence-corrected chi connectivity index (χ4v) is 1.38. The average molecular weight is 210 g/mol. The molecule has 0 aliphatic carbocycles. The molecule has 1 rings (SSSR count). The van der Waals surface area contributed by atoms with Crippen LogP contribution in [0.25, 0.3) is 0 Å². The van der Waals surface area contributed by atoms with E-state index in [9.17, 15) is 4.79 Å². The van der Waals surface area contributed by atoms with Crippen molar-refractivity contribution >= 4 is 5.91 Å². The van der Waals surface area contributed by atoms with E-state index < -0.39 is 0 Å². The summed E-state index contributed by atoms with van der Waals surface area (Å²) >= 11 is 0. The van der Waals surface area contributed by atoms with Gasteiger partial charge < -0.3 is 11.1 Å². The van der Waals surface area contributed by atoms with Crippen molar-refractivity contribution in [3.63, 3.8) is 0 Å². The molecule has 1 heterocycles. The topological polar surface area (TPSA) is 83.8 Å². The quantitative estimate of drug-likeness (QED) is 0.651. The molecule has 0 aliphatic heterocycles. The van der Waals surface area contributed by atoms with Gasteiger partial charge in [0.15, 0.2) is 0 Å². The van der Waals surface area contributed by atoms with E-state index in [2.05, 4.69) is 15.5 Å². The van der Waals surface area contributed by atoms with E-state index >= 15 is 0 Å². The third-order valence-electron chi connectivity index (χ3n) is 2.41. The molecular weight excluding hydrogens is 192 g/mol. The van der Waals surface area contributed by atoms with Gasteiger partial charge in [0.1, 0.15) is 0 Å². The predicted molar refractivity (Wildman–Crippen MR) is 57.8 cm³/mol. The minimum atomic E-state index is -0.118. The number of aromatic nitrogens is 2. The number of nitrogens with one attached hydrogen (secondary N) is 2. The Labute approximate surface area is 89.4 Å². The van der Waals surface area contributed by atoms with Crippen molar-refractivity contribution in [2.45, 2.75) is 20.4 Å². The number of amides is 1.